The minimum atomic E-state index is -1.17. The molecule has 0 radical (unpaired) electrons. The van der Waals surface area contributed by atoms with Gasteiger partial charge in [-0.1, -0.05) is 12.1 Å². The average Bonchev–Trinajstić information content (AvgIpc) is 2.78. The summed E-state index contributed by atoms with van der Waals surface area (Å²) in [5, 5.41) is 11.0. The molecular formula is C18H23BrFNO3. The third kappa shape index (κ3) is 3.18. The topological polar surface area (TPSA) is 49.8 Å². The van der Waals surface area contributed by atoms with Crippen LogP contribution in [0.5, 0.6) is 0 Å². The summed E-state index contributed by atoms with van der Waals surface area (Å²) in [6.07, 6.45) is 1.42. The summed E-state index contributed by atoms with van der Waals surface area (Å²) in [4.78, 5) is 13.7. The number of halogens is 2. The largest absolute Gasteiger partial charge is 0.444 e. The molecule has 24 heavy (non-hydrogen) atoms. The number of hydrogen-bond donors (Lipinski definition) is 1. The standard InChI is InChI=1S/C18H23BrFNO3/c1-16(2,3)24-15(22)21-10-17(11-21)7-8-18(23,9-17)12-5-4-6-13(19)14(12)20/h4-6,23H,7-11H2,1-3H3/t18-/m1/s1. The predicted molar refractivity (Wildman–Crippen MR) is 92.1 cm³/mol. The van der Waals surface area contributed by atoms with Crippen molar-refractivity contribution in [2.45, 2.75) is 51.2 Å². The third-order valence-corrected chi connectivity index (χ3v) is 5.51. The van der Waals surface area contributed by atoms with Crippen LogP contribution in [0.3, 0.4) is 0 Å². The molecule has 1 aromatic rings. The maximum atomic E-state index is 14.4. The van der Waals surface area contributed by atoms with Crippen LogP contribution in [0.1, 0.15) is 45.6 Å². The van der Waals surface area contributed by atoms with Gasteiger partial charge in [-0.05, 0) is 62.0 Å². The monoisotopic (exact) mass is 399 g/mol. The van der Waals surface area contributed by atoms with Crippen molar-refractivity contribution in [1.29, 1.82) is 0 Å². The molecule has 1 aliphatic carbocycles. The fraction of sp³-hybridized carbons (Fsp3) is 0.611. The van der Waals surface area contributed by atoms with Crippen molar-refractivity contribution in [1.82, 2.24) is 4.90 Å². The highest BCUT2D eigenvalue weighted by Crippen LogP contribution is 2.54. The summed E-state index contributed by atoms with van der Waals surface area (Å²) in [6.45, 7) is 6.63. The molecule has 1 aromatic carbocycles. The number of amides is 1. The summed E-state index contributed by atoms with van der Waals surface area (Å²) >= 11 is 3.18. The molecule has 132 valence electrons. The van der Waals surface area contributed by atoms with E-state index in [9.17, 15) is 14.3 Å². The van der Waals surface area contributed by atoms with Gasteiger partial charge < -0.3 is 14.7 Å². The van der Waals surface area contributed by atoms with E-state index in [1.54, 1.807) is 23.1 Å². The molecule has 1 heterocycles. The normalized spacial score (nSPS) is 25.7. The molecule has 1 saturated heterocycles. The molecule has 1 saturated carbocycles. The maximum absolute atomic E-state index is 14.4. The molecule has 0 aromatic heterocycles. The van der Waals surface area contributed by atoms with Crippen LogP contribution in [0.25, 0.3) is 0 Å². The molecule has 1 amide bonds. The predicted octanol–water partition coefficient (Wildman–Crippen LogP) is 4.20. The zero-order chi connectivity index (χ0) is 17.8. The van der Waals surface area contributed by atoms with Gasteiger partial charge in [0, 0.05) is 24.1 Å². The number of hydrogen-bond acceptors (Lipinski definition) is 3. The molecule has 2 aliphatic rings. The van der Waals surface area contributed by atoms with Gasteiger partial charge in [0.25, 0.3) is 0 Å². The molecule has 6 heteroatoms. The Morgan fingerprint density at radius 3 is 2.62 bits per heavy atom. The number of rotatable bonds is 1. The van der Waals surface area contributed by atoms with Crippen LogP contribution in [0, 0.1) is 11.2 Å². The fourth-order valence-electron chi connectivity index (χ4n) is 3.85. The van der Waals surface area contributed by atoms with E-state index in [4.69, 9.17) is 4.74 Å². The van der Waals surface area contributed by atoms with Crippen molar-refractivity contribution < 1.29 is 19.0 Å². The molecule has 1 aliphatic heterocycles. The fourth-order valence-corrected chi connectivity index (χ4v) is 4.22. The van der Waals surface area contributed by atoms with Crippen LogP contribution in [0.2, 0.25) is 0 Å². The molecule has 2 fully saturated rings. The molecule has 1 N–H and O–H groups in total. The van der Waals surface area contributed by atoms with Crippen molar-refractivity contribution in [3.63, 3.8) is 0 Å². The molecule has 1 spiro atoms. The second-order valence-corrected chi connectivity index (χ2v) is 9.00. The molecular weight excluding hydrogens is 377 g/mol. The van der Waals surface area contributed by atoms with Gasteiger partial charge in [-0.2, -0.15) is 0 Å². The second-order valence-electron chi connectivity index (χ2n) is 8.15. The second kappa shape index (κ2) is 5.70. The lowest BCUT2D eigenvalue weighted by atomic mass is 9.76. The maximum Gasteiger partial charge on any atom is 0.410 e. The van der Waals surface area contributed by atoms with Crippen molar-refractivity contribution in [3.8, 4) is 0 Å². The number of likely N-dealkylation sites (tertiary alicyclic amines) is 1. The number of nitrogens with zero attached hydrogens (tertiary/aromatic N) is 1. The number of carbonyl (C=O) groups excluding carboxylic acids is 1. The van der Waals surface area contributed by atoms with Crippen LogP contribution in [0.4, 0.5) is 9.18 Å². The summed E-state index contributed by atoms with van der Waals surface area (Å²) in [5.41, 5.74) is -1.49. The number of benzene rings is 1. The Kier molecular flexibility index (Phi) is 4.20. The van der Waals surface area contributed by atoms with Crippen LogP contribution >= 0.6 is 15.9 Å². The molecule has 3 rings (SSSR count). The van der Waals surface area contributed by atoms with Crippen molar-refractivity contribution in [2.24, 2.45) is 5.41 Å². The summed E-state index contributed by atoms with van der Waals surface area (Å²) in [6, 6.07) is 5.00. The van der Waals surface area contributed by atoms with E-state index in [1.165, 1.54) is 0 Å². The molecule has 4 nitrogen and oxygen atoms in total. The van der Waals surface area contributed by atoms with E-state index in [1.807, 2.05) is 20.8 Å². The zero-order valence-electron chi connectivity index (χ0n) is 14.2. The molecule has 0 bridgehead atoms. The van der Waals surface area contributed by atoms with Gasteiger partial charge in [0.1, 0.15) is 11.4 Å². The van der Waals surface area contributed by atoms with Gasteiger partial charge in [0.05, 0.1) is 10.1 Å². The minimum absolute atomic E-state index is 0.138. The quantitative estimate of drug-likeness (QED) is 0.769. The Bertz CT molecular complexity index is 667. The minimum Gasteiger partial charge on any atom is -0.444 e. The highest BCUT2D eigenvalue weighted by Gasteiger charge is 2.56. The van der Waals surface area contributed by atoms with Gasteiger partial charge >= 0.3 is 6.09 Å². The summed E-state index contributed by atoms with van der Waals surface area (Å²) in [7, 11) is 0. The van der Waals surface area contributed by atoms with E-state index < -0.39 is 17.0 Å². The van der Waals surface area contributed by atoms with Gasteiger partial charge in [-0.3, -0.25) is 0 Å². The van der Waals surface area contributed by atoms with Crippen LogP contribution in [0.15, 0.2) is 22.7 Å². The lowest BCUT2D eigenvalue weighted by Crippen LogP contribution is -2.58. The van der Waals surface area contributed by atoms with Crippen LogP contribution < -0.4 is 0 Å². The first-order chi connectivity index (χ1) is 11.0. The van der Waals surface area contributed by atoms with E-state index in [2.05, 4.69) is 15.9 Å². The van der Waals surface area contributed by atoms with Crippen molar-refractivity contribution >= 4 is 22.0 Å². The average molecular weight is 400 g/mol. The Hall–Kier alpha value is -1.14. The van der Waals surface area contributed by atoms with Gasteiger partial charge in [-0.15, -0.1) is 0 Å². The Labute approximate surface area is 150 Å². The molecule has 1 atom stereocenters. The first-order valence-corrected chi connectivity index (χ1v) is 8.98. The highest BCUT2D eigenvalue weighted by molar-refractivity contribution is 9.10. The van der Waals surface area contributed by atoms with E-state index in [0.29, 0.717) is 36.0 Å². The lowest BCUT2D eigenvalue weighted by molar-refractivity contribution is -0.0484. The number of ether oxygens (including phenoxy) is 1. The van der Waals surface area contributed by atoms with E-state index in [0.717, 1.165) is 6.42 Å². The third-order valence-electron chi connectivity index (χ3n) is 4.89. The number of aliphatic hydroxyl groups is 1. The highest BCUT2D eigenvalue weighted by atomic mass is 79.9. The van der Waals surface area contributed by atoms with E-state index in [-0.39, 0.29) is 11.5 Å². The smallest absolute Gasteiger partial charge is 0.410 e. The van der Waals surface area contributed by atoms with Crippen LogP contribution in [-0.4, -0.2) is 34.8 Å². The summed E-state index contributed by atoms with van der Waals surface area (Å²) in [5.74, 6) is -0.402. The summed E-state index contributed by atoms with van der Waals surface area (Å²) < 4.78 is 20.1. The first kappa shape index (κ1) is 17.7. The van der Waals surface area contributed by atoms with E-state index >= 15 is 0 Å². The van der Waals surface area contributed by atoms with Crippen molar-refractivity contribution in [2.75, 3.05) is 13.1 Å². The van der Waals surface area contributed by atoms with Gasteiger partial charge in [0.2, 0.25) is 0 Å². The SMILES string of the molecule is CC(C)(C)OC(=O)N1CC2(CC[C@](O)(c3cccc(Br)c3F)C2)C1. The van der Waals surface area contributed by atoms with Crippen LogP contribution in [-0.2, 0) is 10.3 Å². The lowest BCUT2D eigenvalue weighted by Gasteiger charge is -2.48. The van der Waals surface area contributed by atoms with Gasteiger partial charge in [0.15, 0.2) is 0 Å². The Morgan fingerprint density at radius 1 is 1.33 bits per heavy atom. The Morgan fingerprint density at radius 2 is 2.00 bits per heavy atom. The van der Waals surface area contributed by atoms with Crippen molar-refractivity contribution in [3.05, 3.63) is 34.1 Å². The molecule has 0 unspecified atom stereocenters. The zero-order valence-corrected chi connectivity index (χ0v) is 15.8. The first-order valence-electron chi connectivity index (χ1n) is 8.19. The number of carbonyl (C=O) groups is 1. The Balaban J connectivity index is 1.69. The van der Waals surface area contributed by atoms with Gasteiger partial charge in [-0.25, -0.2) is 9.18 Å².